The topological polar surface area (TPSA) is 99.7 Å². The Kier molecular flexibility index (Phi) is 5.03. The van der Waals surface area contributed by atoms with E-state index in [1.807, 2.05) is 0 Å². The van der Waals surface area contributed by atoms with Gasteiger partial charge in [0.2, 0.25) is 15.0 Å². The number of benzene rings is 3. The Morgan fingerprint density at radius 2 is 1.52 bits per heavy atom. The van der Waals surface area contributed by atoms with Crippen molar-refractivity contribution >= 4 is 32.6 Å². The zero-order valence-corrected chi connectivity index (χ0v) is 18.2. The Balaban J connectivity index is 1.85. The van der Waals surface area contributed by atoms with Crippen LogP contribution < -0.4 is 5.56 Å². The Bertz CT molecular complexity index is 1650. The van der Waals surface area contributed by atoms with E-state index < -0.39 is 26.4 Å². The molecule has 0 aliphatic carbocycles. The van der Waals surface area contributed by atoms with E-state index in [-0.39, 0.29) is 21.7 Å². The van der Waals surface area contributed by atoms with Gasteiger partial charge in [0.05, 0.1) is 16.3 Å². The minimum absolute atomic E-state index is 0.0461. The minimum atomic E-state index is -4.34. The quantitative estimate of drug-likeness (QED) is 0.287. The average molecular weight is 482 g/mol. The zero-order valence-electron chi connectivity index (χ0n) is 16.6. The molecule has 8 nitrogen and oxygen atoms in total. The molecule has 0 aliphatic heterocycles. The Hall–Kier alpha value is -3.89. The van der Waals surface area contributed by atoms with Gasteiger partial charge in [0, 0.05) is 5.02 Å². The second-order valence-corrected chi connectivity index (χ2v) is 9.26. The summed E-state index contributed by atoms with van der Waals surface area (Å²) in [6, 6.07) is 19.0. The maximum atomic E-state index is 13.5. The monoisotopic (exact) mass is 481 g/mol. The van der Waals surface area contributed by atoms with Crippen molar-refractivity contribution in [2.75, 3.05) is 0 Å². The van der Waals surface area contributed by atoms with Crippen LogP contribution in [0.5, 0.6) is 0 Å². The standard InChI is InChI=1S/C22H13ClFN5O3S/c23-14-6-10-17(11-7-14)29-20-19(26-27-29)21(30)28(16-4-2-1-3-5-16)22(25-20)33(31,32)18-12-8-15(24)9-13-18/h1-13H. The molecule has 5 rings (SSSR count). The third-order valence-electron chi connectivity index (χ3n) is 4.89. The molecule has 33 heavy (non-hydrogen) atoms. The van der Waals surface area contributed by atoms with Gasteiger partial charge in [-0.05, 0) is 60.7 Å². The molecule has 3 aromatic carbocycles. The maximum Gasteiger partial charge on any atom is 0.289 e. The SMILES string of the molecule is O=c1c2nnn(-c3ccc(Cl)cc3)c2nc(S(=O)(=O)c2ccc(F)cc2)n1-c1ccccc1. The molecule has 11 heteroatoms. The first-order chi connectivity index (χ1) is 15.9. The highest BCUT2D eigenvalue weighted by Crippen LogP contribution is 2.24. The van der Waals surface area contributed by atoms with Crippen molar-refractivity contribution in [3.05, 3.63) is 100 Å². The molecule has 0 N–H and O–H groups in total. The average Bonchev–Trinajstić information content (AvgIpc) is 3.25. The van der Waals surface area contributed by atoms with E-state index >= 15 is 0 Å². The van der Waals surface area contributed by atoms with E-state index in [0.717, 1.165) is 28.8 Å². The maximum absolute atomic E-state index is 13.5. The molecule has 2 aromatic heterocycles. The van der Waals surface area contributed by atoms with Gasteiger partial charge in [0.1, 0.15) is 5.82 Å². The molecule has 0 spiro atoms. The summed E-state index contributed by atoms with van der Waals surface area (Å²) in [4.78, 5) is 17.6. The molecule has 0 atom stereocenters. The third-order valence-corrected chi connectivity index (χ3v) is 6.79. The van der Waals surface area contributed by atoms with Crippen LogP contribution in [0.2, 0.25) is 5.02 Å². The fourth-order valence-corrected chi connectivity index (χ4v) is 4.78. The highest BCUT2D eigenvalue weighted by molar-refractivity contribution is 7.91. The number of nitrogens with zero attached hydrogens (tertiary/aromatic N) is 5. The molecule has 0 aliphatic rings. The van der Waals surface area contributed by atoms with Crippen LogP contribution in [0.15, 0.2) is 93.7 Å². The van der Waals surface area contributed by atoms with E-state index in [4.69, 9.17) is 11.6 Å². The summed E-state index contributed by atoms with van der Waals surface area (Å²) in [5.41, 5.74) is -0.121. The number of halogens is 2. The van der Waals surface area contributed by atoms with Crippen LogP contribution in [-0.2, 0) is 9.84 Å². The summed E-state index contributed by atoms with van der Waals surface area (Å²) in [5.74, 6) is -0.595. The molecule has 0 unspecified atom stereocenters. The molecule has 0 radical (unpaired) electrons. The van der Waals surface area contributed by atoms with Crippen LogP contribution >= 0.6 is 11.6 Å². The largest absolute Gasteiger partial charge is 0.289 e. The molecular formula is C22H13ClFN5O3S. The van der Waals surface area contributed by atoms with Crippen molar-refractivity contribution in [3.63, 3.8) is 0 Å². The second-order valence-electron chi connectivity index (χ2n) is 6.98. The van der Waals surface area contributed by atoms with Gasteiger partial charge >= 0.3 is 0 Å². The molecule has 0 saturated carbocycles. The number of rotatable bonds is 4. The number of fused-ring (bicyclic) bond motifs is 1. The molecule has 5 aromatic rings. The summed E-state index contributed by atoms with van der Waals surface area (Å²) in [6.45, 7) is 0. The summed E-state index contributed by atoms with van der Waals surface area (Å²) in [6.07, 6.45) is 0. The van der Waals surface area contributed by atoms with Gasteiger partial charge < -0.3 is 0 Å². The number of para-hydroxylation sites is 1. The fourth-order valence-electron chi connectivity index (χ4n) is 3.31. The Morgan fingerprint density at radius 3 is 2.18 bits per heavy atom. The lowest BCUT2D eigenvalue weighted by Crippen LogP contribution is -2.26. The first-order valence-electron chi connectivity index (χ1n) is 9.57. The van der Waals surface area contributed by atoms with Crippen molar-refractivity contribution in [2.24, 2.45) is 0 Å². The molecule has 2 heterocycles. The van der Waals surface area contributed by atoms with E-state index in [1.54, 1.807) is 54.6 Å². The van der Waals surface area contributed by atoms with Gasteiger partial charge in [-0.1, -0.05) is 35.0 Å². The molecule has 0 fully saturated rings. The normalized spacial score (nSPS) is 11.7. The van der Waals surface area contributed by atoms with Crippen LogP contribution in [0.4, 0.5) is 4.39 Å². The number of sulfone groups is 1. The van der Waals surface area contributed by atoms with E-state index in [2.05, 4.69) is 15.3 Å². The lowest BCUT2D eigenvalue weighted by molar-refractivity contribution is 0.579. The van der Waals surface area contributed by atoms with Gasteiger partial charge in [-0.25, -0.2) is 17.4 Å². The van der Waals surface area contributed by atoms with Gasteiger partial charge in [0.15, 0.2) is 11.2 Å². The minimum Gasteiger partial charge on any atom is -0.266 e. The number of aromatic nitrogens is 5. The second kappa shape index (κ2) is 7.91. The fraction of sp³-hybridized carbons (Fsp3) is 0. The predicted octanol–water partition coefficient (Wildman–Crippen LogP) is 3.59. The molecule has 164 valence electrons. The summed E-state index contributed by atoms with van der Waals surface area (Å²) >= 11 is 5.95. The Morgan fingerprint density at radius 1 is 0.848 bits per heavy atom. The van der Waals surface area contributed by atoms with Crippen LogP contribution in [-0.4, -0.2) is 33.0 Å². The van der Waals surface area contributed by atoms with Gasteiger partial charge in [0.25, 0.3) is 5.56 Å². The highest BCUT2D eigenvalue weighted by atomic mass is 35.5. The molecule has 0 saturated heterocycles. The summed E-state index contributed by atoms with van der Waals surface area (Å²) < 4.78 is 42.7. The van der Waals surface area contributed by atoms with Gasteiger partial charge in [-0.2, -0.15) is 9.67 Å². The van der Waals surface area contributed by atoms with Crippen molar-refractivity contribution in [1.82, 2.24) is 24.5 Å². The predicted molar refractivity (Wildman–Crippen MR) is 119 cm³/mol. The van der Waals surface area contributed by atoms with Crippen LogP contribution in [0.1, 0.15) is 0 Å². The highest BCUT2D eigenvalue weighted by Gasteiger charge is 2.28. The lowest BCUT2D eigenvalue weighted by atomic mass is 10.3. The van der Waals surface area contributed by atoms with Crippen LogP contribution in [0.25, 0.3) is 22.5 Å². The van der Waals surface area contributed by atoms with Crippen LogP contribution in [0.3, 0.4) is 0 Å². The molecule has 0 amide bonds. The van der Waals surface area contributed by atoms with Crippen molar-refractivity contribution in [3.8, 4) is 11.4 Å². The summed E-state index contributed by atoms with van der Waals surface area (Å²) in [7, 11) is -4.34. The van der Waals surface area contributed by atoms with Crippen molar-refractivity contribution in [1.29, 1.82) is 0 Å². The summed E-state index contributed by atoms with van der Waals surface area (Å²) in [5, 5.41) is 7.89. The number of hydrogen-bond acceptors (Lipinski definition) is 6. The first kappa shape index (κ1) is 21.0. The molecular weight excluding hydrogens is 469 g/mol. The van der Waals surface area contributed by atoms with Crippen molar-refractivity contribution < 1.29 is 12.8 Å². The van der Waals surface area contributed by atoms with E-state index in [0.29, 0.717) is 10.7 Å². The van der Waals surface area contributed by atoms with Crippen molar-refractivity contribution in [2.45, 2.75) is 10.1 Å². The third kappa shape index (κ3) is 3.59. The molecule has 0 bridgehead atoms. The number of hydrogen-bond donors (Lipinski definition) is 0. The van der Waals surface area contributed by atoms with E-state index in [9.17, 15) is 17.6 Å². The van der Waals surface area contributed by atoms with Gasteiger partial charge in [-0.15, -0.1) is 5.10 Å². The lowest BCUT2D eigenvalue weighted by Gasteiger charge is -2.13. The zero-order chi connectivity index (χ0) is 23.2. The Labute approximate surface area is 191 Å². The van der Waals surface area contributed by atoms with Gasteiger partial charge in [-0.3, -0.25) is 4.79 Å². The van der Waals surface area contributed by atoms with Crippen LogP contribution in [0, 0.1) is 5.82 Å². The first-order valence-corrected chi connectivity index (χ1v) is 11.4. The smallest absolute Gasteiger partial charge is 0.266 e. The van der Waals surface area contributed by atoms with E-state index in [1.165, 1.54) is 4.68 Å².